The molecule has 1 N–H and O–H groups in total. The summed E-state index contributed by atoms with van der Waals surface area (Å²) in [5.74, 6) is 0.661. The van der Waals surface area contributed by atoms with Gasteiger partial charge in [0.25, 0.3) is 0 Å². The van der Waals surface area contributed by atoms with E-state index in [0.717, 1.165) is 11.3 Å². The number of hydrogen-bond acceptors (Lipinski definition) is 4. The summed E-state index contributed by atoms with van der Waals surface area (Å²) in [5, 5.41) is 14.0. The summed E-state index contributed by atoms with van der Waals surface area (Å²) in [6, 6.07) is 14.6. The van der Waals surface area contributed by atoms with Crippen LogP contribution in [0.25, 0.3) is 10.7 Å². The van der Waals surface area contributed by atoms with Crippen LogP contribution >= 0.6 is 11.3 Å². The van der Waals surface area contributed by atoms with Crippen LogP contribution in [0.2, 0.25) is 0 Å². The van der Waals surface area contributed by atoms with E-state index in [1.165, 1.54) is 10.4 Å². The fourth-order valence-corrected chi connectivity index (χ4v) is 2.63. The topological polar surface area (TPSA) is 54.5 Å². The number of aromatic amines is 1. The van der Waals surface area contributed by atoms with Crippen LogP contribution in [0.3, 0.4) is 0 Å². The quantitative estimate of drug-likeness (QED) is 0.767. The van der Waals surface area contributed by atoms with Gasteiger partial charge in [0.15, 0.2) is 0 Å². The lowest BCUT2D eigenvalue weighted by Gasteiger charge is -1.96. The number of nitrogens with zero attached hydrogens (tertiary/aromatic N) is 3. The van der Waals surface area contributed by atoms with Crippen LogP contribution in [0.1, 0.15) is 10.4 Å². The van der Waals surface area contributed by atoms with Gasteiger partial charge in [-0.05, 0) is 22.9 Å². The molecule has 0 aliphatic heterocycles. The Balaban J connectivity index is 1.82. The van der Waals surface area contributed by atoms with E-state index in [1.54, 1.807) is 11.3 Å². The van der Waals surface area contributed by atoms with Crippen LogP contribution in [-0.2, 0) is 6.42 Å². The molecule has 0 radical (unpaired) electrons. The fraction of sp³-hybridized carbons (Fsp3) is 0.0833. The van der Waals surface area contributed by atoms with Crippen molar-refractivity contribution in [1.82, 2.24) is 20.6 Å². The first-order valence-corrected chi connectivity index (χ1v) is 6.10. The lowest BCUT2D eigenvalue weighted by atomic mass is 10.1. The molecule has 3 rings (SSSR count). The summed E-state index contributed by atoms with van der Waals surface area (Å²) in [7, 11) is 0. The summed E-state index contributed by atoms with van der Waals surface area (Å²) in [6.07, 6.45) is 0.948. The van der Waals surface area contributed by atoms with Gasteiger partial charge >= 0.3 is 0 Å². The summed E-state index contributed by atoms with van der Waals surface area (Å²) in [4.78, 5) is 2.35. The molecule has 0 aliphatic rings. The van der Waals surface area contributed by atoms with E-state index in [2.05, 4.69) is 51.0 Å². The van der Waals surface area contributed by atoms with Crippen molar-refractivity contribution in [3.63, 3.8) is 0 Å². The Morgan fingerprint density at radius 2 is 1.94 bits per heavy atom. The Morgan fingerprint density at radius 1 is 1.06 bits per heavy atom. The SMILES string of the molecule is c1ccc(Cc2ccc(-c3nn[nH]n3)s2)cc1. The zero-order valence-corrected chi connectivity index (χ0v) is 9.81. The molecule has 2 aromatic heterocycles. The molecule has 84 valence electrons. The third-order valence-corrected chi connectivity index (χ3v) is 3.53. The maximum Gasteiger partial charge on any atom is 0.214 e. The fourth-order valence-electron chi connectivity index (χ4n) is 1.66. The molecule has 0 saturated heterocycles. The number of hydrogen-bond donors (Lipinski definition) is 1. The first kappa shape index (κ1) is 10.2. The average Bonchev–Trinajstić information content (AvgIpc) is 3.00. The summed E-state index contributed by atoms with van der Waals surface area (Å²) >= 11 is 1.70. The van der Waals surface area contributed by atoms with Gasteiger partial charge in [-0.1, -0.05) is 30.3 Å². The minimum atomic E-state index is 0.661. The van der Waals surface area contributed by atoms with E-state index < -0.39 is 0 Å². The van der Waals surface area contributed by atoms with E-state index in [0.29, 0.717) is 5.82 Å². The molecule has 17 heavy (non-hydrogen) atoms. The van der Waals surface area contributed by atoms with Crippen molar-refractivity contribution < 1.29 is 0 Å². The van der Waals surface area contributed by atoms with Crippen molar-refractivity contribution in [3.05, 3.63) is 52.9 Å². The van der Waals surface area contributed by atoms with Crippen molar-refractivity contribution in [2.75, 3.05) is 0 Å². The van der Waals surface area contributed by atoms with Gasteiger partial charge in [-0.2, -0.15) is 5.21 Å². The van der Waals surface area contributed by atoms with E-state index in [1.807, 2.05) is 12.1 Å². The van der Waals surface area contributed by atoms with Crippen LogP contribution in [0.5, 0.6) is 0 Å². The number of H-pyrrole nitrogens is 1. The second-order valence-electron chi connectivity index (χ2n) is 3.66. The third-order valence-electron chi connectivity index (χ3n) is 2.45. The van der Waals surface area contributed by atoms with Gasteiger partial charge < -0.3 is 0 Å². The Morgan fingerprint density at radius 3 is 2.71 bits per heavy atom. The highest BCUT2D eigenvalue weighted by Crippen LogP contribution is 2.26. The molecular weight excluding hydrogens is 232 g/mol. The highest BCUT2D eigenvalue weighted by atomic mass is 32.1. The number of rotatable bonds is 3. The number of tetrazole rings is 1. The Hall–Kier alpha value is -2.01. The van der Waals surface area contributed by atoms with E-state index in [4.69, 9.17) is 0 Å². The van der Waals surface area contributed by atoms with Crippen LogP contribution in [-0.4, -0.2) is 20.6 Å². The molecule has 0 aliphatic carbocycles. The highest BCUT2D eigenvalue weighted by Gasteiger charge is 2.06. The second-order valence-corrected chi connectivity index (χ2v) is 4.83. The van der Waals surface area contributed by atoms with Crippen LogP contribution < -0.4 is 0 Å². The normalized spacial score (nSPS) is 10.6. The van der Waals surface area contributed by atoms with Gasteiger partial charge in [0.1, 0.15) is 0 Å². The van der Waals surface area contributed by atoms with E-state index in [-0.39, 0.29) is 0 Å². The highest BCUT2D eigenvalue weighted by molar-refractivity contribution is 7.15. The maximum atomic E-state index is 3.97. The first-order valence-electron chi connectivity index (χ1n) is 5.28. The van der Waals surface area contributed by atoms with Crippen molar-refractivity contribution >= 4 is 11.3 Å². The molecule has 0 bridgehead atoms. The molecule has 5 heteroatoms. The molecule has 0 amide bonds. The van der Waals surface area contributed by atoms with Crippen molar-refractivity contribution in [2.45, 2.75) is 6.42 Å². The Labute approximate surface area is 102 Å². The zero-order valence-electron chi connectivity index (χ0n) is 9.00. The van der Waals surface area contributed by atoms with Gasteiger partial charge in [0.05, 0.1) is 4.88 Å². The molecule has 4 nitrogen and oxygen atoms in total. The van der Waals surface area contributed by atoms with Gasteiger partial charge in [0.2, 0.25) is 5.82 Å². The van der Waals surface area contributed by atoms with Gasteiger partial charge in [0, 0.05) is 11.3 Å². The molecule has 0 atom stereocenters. The molecular formula is C12H10N4S. The third kappa shape index (κ3) is 2.24. The molecule has 3 aromatic rings. The van der Waals surface area contributed by atoms with E-state index >= 15 is 0 Å². The summed E-state index contributed by atoms with van der Waals surface area (Å²) in [6.45, 7) is 0. The Kier molecular flexibility index (Phi) is 2.67. The first-order chi connectivity index (χ1) is 8.42. The average molecular weight is 242 g/mol. The zero-order chi connectivity index (χ0) is 11.5. The minimum absolute atomic E-state index is 0.661. The van der Waals surface area contributed by atoms with Crippen molar-refractivity contribution in [1.29, 1.82) is 0 Å². The minimum Gasteiger partial charge on any atom is -0.177 e. The molecule has 0 spiro atoms. The number of aromatic nitrogens is 4. The van der Waals surface area contributed by atoms with Crippen LogP contribution in [0, 0.1) is 0 Å². The van der Waals surface area contributed by atoms with Gasteiger partial charge in [-0.3, -0.25) is 0 Å². The van der Waals surface area contributed by atoms with Gasteiger partial charge in [-0.25, -0.2) is 0 Å². The monoisotopic (exact) mass is 242 g/mol. The second kappa shape index (κ2) is 4.47. The molecule has 1 aromatic carbocycles. The Bertz CT molecular complexity index is 586. The predicted octanol–water partition coefficient (Wildman–Crippen LogP) is 2.52. The standard InChI is InChI=1S/C12H10N4S/c1-2-4-9(5-3-1)8-10-6-7-11(17-10)12-13-15-16-14-12/h1-7H,8H2,(H,13,14,15,16). The summed E-state index contributed by atoms with van der Waals surface area (Å²) in [5.41, 5.74) is 1.31. The largest absolute Gasteiger partial charge is 0.214 e. The summed E-state index contributed by atoms with van der Waals surface area (Å²) < 4.78 is 0. The lowest BCUT2D eigenvalue weighted by Crippen LogP contribution is -1.82. The van der Waals surface area contributed by atoms with Crippen LogP contribution in [0.4, 0.5) is 0 Å². The smallest absolute Gasteiger partial charge is 0.177 e. The molecule has 0 fully saturated rings. The lowest BCUT2D eigenvalue weighted by molar-refractivity contribution is 0.881. The van der Waals surface area contributed by atoms with Crippen LogP contribution in [0.15, 0.2) is 42.5 Å². The molecule has 0 unspecified atom stereocenters. The van der Waals surface area contributed by atoms with Crippen molar-refractivity contribution in [3.8, 4) is 10.7 Å². The molecule has 0 saturated carbocycles. The number of thiophene rings is 1. The van der Waals surface area contributed by atoms with Gasteiger partial charge in [-0.15, -0.1) is 21.5 Å². The number of nitrogens with one attached hydrogen (secondary N) is 1. The van der Waals surface area contributed by atoms with Crippen molar-refractivity contribution in [2.24, 2.45) is 0 Å². The predicted molar refractivity (Wildman–Crippen MR) is 66.7 cm³/mol. The molecule has 2 heterocycles. The maximum absolute atomic E-state index is 3.97. The number of benzene rings is 1. The van der Waals surface area contributed by atoms with E-state index in [9.17, 15) is 0 Å².